The fourth-order valence-corrected chi connectivity index (χ4v) is 4.70. The summed E-state index contributed by atoms with van der Waals surface area (Å²) in [7, 11) is 0. The summed E-state index contributed by atoms with van der Waals surface area (Å²) in [5.74, 6) is -4.16. The van der Waals surface area contributed by atoms with Crippen LogP contribution in [0, 0.1) is 0 Å². The predicted octanol–water partition coefficient (Wildman–Crippen LogP) is -0.752. The second kappa shape index (κ2) is 17.6. The minimum Gasteiger partial charge on any atom is -0.481 e. The van der Waals surface area contributed by atoms with Gasteiger partial charge in [-0.05, 0) is 49.3 Å². The summed E-state index contributed by atoms with van der Waals surface area (Å²) in [6, 6.07) is 2.63. The number of nitrogens with two attached hydrogens (primary N) is 3. The van der Waals surface area contributed by atoms with Gasteiger partial charge in [0.2, 0.25) is 17.7 Å². The number of fused-ring (bicyclic) bond motifs is 1. The van der Waals surface area contributed by atoms with Gasteiger partial charge in [-0.3, -0.25) is 24.2 Å². The zero-order valence-corrected chi connectivity index (χ0v) is 24.7. The molecule has 0 aliphatic carbocycles. The van der Waals surface area contributed by atoms with Crippen LogP contribution in [0.5, 0.6) is 0 Å². The Bertz CT molecular complexity index is 1300. The number of H-pyrrole nitrogens is 1. The van der Waals surface area contributed by atoms with Crippen LogP contribution in [-0.4, -0.2) is 93.5 Å². The Morgan fingerprint density at radius 3 is 2.19 bits per heavy atom. The first kappa shape index (κ1) is 34.9. The number of hydrogen-bond donors (Lipinski definition) is 9. The molecular formula is C27H40N8O7S. The highest BCUT2D eigenvalue weighted by atomic mass is 32.2. The average Bonchev–Trinajstić information content (AvgIpc) is 3.37. The maximum absolute atomic E-state index is 13.4. The largest absolute Gasteiger partial charge is 0.481 e. The van der Waals surface area contributed by atoms with Crippen LogP contribution in [-0.2, 0) is 30.4 Å². The summed E-state index contributed by atoms with van der Waals surface area (Å²) in [6.45, 7) is 0.157. The molecule has 4 atom stereocenters. The summed E-state index contributed by atoms with van der Waals surface area (Å²) < 4.78 is 0. The Morgan fingerprint density at radius 1 is 0.930 bits per heavy atom. The lowest BCUT2D eigenvalue weighted by Gasteiger charge is -2.25. The smallest absolute Gasteiger partial charge is 0.326 e. The van der Waals surface area contributed by atoms with Crippen molar-refractivity contribution in [2.24, 2.45) is 22.2 Å². The molecule has 0 saturated heterocycles. The maximum atomic E-state index is 13.4. The SMILES string of the molecule is CSCCC(NC(=O)C(N)CCC(=O)O)C(=O)NC(CCCN=C(N)N)C(=O)NC(Cc1c[nH]c2ccccc12)C(=O)O. The van der Waals surface area contributed by atoms with E-state index in [9.17, 15) is 29.1 Å². The topological polar surface area (TPSA) is 268 Å². The number of carboxylic acids is 2. The van der Waals surface area contributed by atoms with Gasteiger partial charge in [-0.1, -0.05) is 18.2 Å². The highest BCUT2D eigenvalue weighted by Gasteiger charge is 2.30. The first-order chi connectivity index (χ1) is 20.4. The van der Waals surface area contributed by atoms with Gasteiger partial charge in [0.15, 0.2) is 5.96 Å². The van der Waals surface area contributed by atoms with E-state index in [2.05, 4.69) is 25.9 Å². The number of carbonyl (C=O) groups excluding carboxylic acids is 3. The molecule has 0 aliphatic rings. The van der Waals surface area contributed by atoms with Crippen molar-refractivity contribution < 1.29 is 34.2 Å². The third-order valence-electron chi connectivity index (χ3n) is 6.54. The van der Waals surface area contributed by atoms with Crippen molar-refractivity contribution in [1.82, 2.24) is 20.9 Å². The Hall–Kier alpha value is -4.31. The molecule has 43 heavy (non-hydrogen) atoms. The van der Waals surface area contributed by atoms with Crippen molar-refractivity contribution >= 4 is 58.3 Å². The van der Waals surface area contributed by atoms with Crippen LogP contribution in [0.15, 0.2) is 35.5 Å². The van der Waals surface area contributed by atoms with E-state index in [1.165, 1.54) is 11.8 Å². The molecule has 3 amide bonds. The van der Waals surface area contributed by atoms with Gasteiger partial charge in [-0.2, -0.15) is 11.8 Å². The lowest BCUT2D eigenvalue weighted by Crippen LogP contribution is -2.57. The number of carboxylic acid groups (broad SMARTS) is 2. The van der Waals surface area contributed by atoms with Gasteiger partial charge >= 0.3 is 11.9 Å². The number of aromatic amines is 1. The molecule has 0 radical (unpaired) electrons. The summed E-state index contributed by atoms with van der Waals surface area (Å²) in [5.41, 5.74) is 18.1. The fraction of sp³-hybridized carbons (Fsp3) is 0.481. The number of benzene rings is 1. The maximum Gasteiger partial charge on any atom is 0.326 e. The number of amides is 3. The van der Waals surface area contributed by atoms with Crippen LogP contribution in [0.1, 0.15) is 37.7 Å². The van der Waals surface area contributed by atoms with Crippen LogP contribution in [0.3, 0.4) is 0 Å². The van der Waals surface area contributed by atoms with Crippen LogP contribution < -0.4 is 33.2 Å². The molecule has 0 aliphatic heterocycles. The second-order valence-electron chi connectivity index (χ2n) is 9.85. The number of rotatable bonds is 19. The number of guanidine groups is 1. The monoisotopic (exact) mass is 620 g/mol. The molecule has 15 nitrogen and oxygen atoms in total. The van der Waals surface area contributed by atoms with Gasteiger partial charge in [0.1, 0.15) is 18.1 Å². The summed E-state index contributed by atoms with van der Waals surface area (Å²) in [4.78, 5) is 69.2. The number of nitrogens with one attached hydrogen (secondary N) is 4. The van der Waals surface area contributed by atoms with Gasteiger partial charge in [0.05, 0.1) is 6.04 Å². The Morgan fingerprint density at radius 2 is 1.56 bits per heavy atom. The Balaban J connectivity index is 2.20. The first-order valence-corrected chi connectivity index (χ1v) is 15.0. The molecule has 2 rings (SSSR count). The van der Waals surface area contributed by atoms with E-state index in [0.717, 1.165) is 10.9 Å². The van der Waals surface area contributed by atoms with E-state index in [-0.39, 0.29) is 51.0 Å². The second-order valence-corrected chi connectivity index (χ2v) is 10.8. The number of aliphatic imine (C=N–C) groups is 1. The minimum absolute atomic E-state index is 0.0135. The van der Waals surface area contributed by atoms with Gasteiger partial charge in [0.25, 0.3) is 0 Å². The quantitative estimate of drug-likeness (QED) is 0.0535. The van der Waals surface area contributed by atoms with Crippen LogP contribution >= 0.6 is 11.8 Å². The molecule has 236 valence electrons. The molecule has 0 spiro atoms. The molecule has 4 unspecified atom stereocenters. The lowest BCUT2D eigenvalue weighted by atomic mass is 10.0. The van der Waals surface area contributed by atoms with Crippen molar-refractivity contribution in [2.45, 2.75) is 62.7 Å². The molecule has 0 bridgehead atoms. The van der Waals surface area contributed by atoms with Crippen molar-refractivity contribution in [2.75, 3.05) is 18.6 Å². The number of thioether (sulfide) groups is 1. The minimum atomic E-state index is -1.30. The Labute approximate surface area is 252 Å². The standard InChI is InChI=1S/C27H40N8O7S/c1-43-12-10-20(33-23(38)17(28)8-9-22(36)37)25(40)34-19(7-4-11-31-27(29)30)24(39)35-21(26(41)42)13-15-14-32-18-6-3-2-5-16(15)18/h2-3,5-6,14,17,19-21,32H,4,7-13,28H2,1H3,(H,33,38)(H,34,40)(H,35,39)(H,36,37)(H,41,42)(H4,29,30,31). The Kier molecular flexibility index (Phi) is 14.3. The lowest BCUT2D eigenvalue weighted by molar-refractivity contribution is -0.142. The normalized spacial score (nSPS) is 13.7. The number of hydrogen-bond acceptors (Lipinski definition) is 8. The molecule has 12 N–H and O–H groups in total. The third kappa shape index (κ3) is 11.8. The zero-order chi connectivity index (χ0) is 31.9. The number of aromatic nitrogens is 1. The highest BCUT2D eigenvalue weighted by molar-refractivity contribution is 7.98. The molecule has 2 aromatic rings. The van der Waals surface area contributed by atoms with E-state index in [1.54, 1.807) is 6.20 Å². The van der Waals surface area contributed by atoms with E-state index < -0.39 is 53.8 Å². The predicted molar refractivity (Wildman–Crippen MR) is 163 cm³/mol. The molecule has 1 aromatic heterocycles. The van der Waals surface area contributed by atoms with Gasteiger partial charge in [-0.15, -0.1) is 0 Å². The molecule has 0 fully saturated rings. The fourth-order valence-electron chi connectivity index (χ4n) is 4.23. The van der Waals surface area contributed by atoms with Crippen molar-refractivity contribution in [3.05, 3.63) is 36.0 Å². The first-order valence-electron chi connectivity index (χ1n) is 13.6. The summed E-state index contributed by atoms with van der Waals surface area (Å²) in [6.07, 6.45) is 3.58. The van der Waals surface area contributed by atoms with Gasteiger partial charge in [-0.25, -0.2) is 4.79 Å². The third-order valence-corrected chi connectivity index (χ3v) is 7.19. The van der Waals surface area contributed by atoms with E-state index in [4.69, 9.17) is 22.3 Å². The van der Waals surface area contributed by atoms with Crippen molar-refractivity contribution in [3.63, 3.8) is 0 Å². The highest BCUT2D eigenvalue weighted by Crippen LogP contribution is 2.19. The van der Waals surface area contributed by atoms with Crippen LogP contribution in [0.2, 0.25) is 0 Å². The van der Waals surface area contributed by atoms with Crippen LogP contribution in [0.4, 0.5) is 0 Å². The zero-order valence-electron chi connectivity index (χ0n) is 23.9. The number of para-hydroxylation sites is 1. The molecule has 0 saturated carbocycles. The average molecular weight is 621 g/mol. The molecular weight excluding hydrogens is 580 g/mol. The van der Waals surface area contributed by atoms with Gasteiger partial charge < -0.3 is 48.3 Å². The summed E-state index contributed by atoms with van der Waals surface area (Å²) in [5, 5.41) is 27.3. The molecule has 16 heteroatoms. The van der Waals surface area contributed by atoms with Gasteiger partial charge in [0, 0.05) is 36.5 Å². The van der Waals surface area contributed by atoms with Crippen molar-refractivity contribution in [1.29, 1.82) is 0 Å². The molecule has 1 heterocycles. The molecule has 1 aromatic carbocycles. The van der Waals surface area contributed by atoms with Crippen LogP contribution in [0.25, 0.3) is 10.9 Å². The van der Waals surface area contributed by atoms with E-state index in [1.807, 2.05) is 30.5 Å². The number of nitrogens with zero attached hydrogens (tertiary/aromatic N) is 1. The summed E-state index contributed by atoms with van der Waals surface area (Å²) >= 11 is 1.43. The van der Waals surface area contributed by atoms with E-state index >= 15 is 0 Å². The van der Waals surface area contributed by atoms with E-state index in [0.29, 0.717) is 11.3 Å². The number of aliphatic carboxylic acids is 2. The van der Waals surface area contributed by atoms with Crippen molar-refractivity contribution in [3.8, 4) is 0 Å². The number of carbonyl (C=O) groups is 5.